The molecule has 1 aromatic carbocycles. The number of anilines is 1. The minimum atomic E-state index is 0.190. The van der Waals surface area contributed by atoms with Gasteiger partial charge in [0.1, 0.15) is 5.75 Å². The lowest BCUT2D eigenvalue weighted by Gasteiger charge is -2.21. The number of nitrogens with zero attached hydrogens (tertiary/aromatic N) is 1. The summed E-state index contributed by atoms with van der Waals surface area (Å²) in [5.41, 5.74) is 7.70. The second-order valence-corrected chi connectivity index (χ2v) is 4.43. The number of rotatable bonds is 8. The molecular weight excluding hydrogens is 228 g/mol. The quantitative estimate of drug-likeness (QED) is 0.693. The maximum atomic E-state index is 9.06. The average molecular weight is 252 g/mol. The Morgan fingerprint density at radius 3 is 2.67 bits per heavy atom. The molecule has 0 aliphatic carbocycles. The summed E-state index contributed by atoms with van der Waals surface area (Å²) in [6.45, 7) is 4.88. The van der Waals surface area contributed by atoms with Crippen LogP contribution in [0.15, 0.2) is 18.2 Å². The van der Waals surface area contributed by atoms with Crippen LogP contribution in [0.4, 0.5) is 5.69 Å². The number of methoxy groups -OCH3 is 1. The third kappa shape index (κ3) is 4.55. The van der Waals surface area contributed by atoms with E-state index in [1.54, 1.807) is 7.11 Å². The molecule has 0 aromatic heterocycles. The maximum absolute atomic E-state index is 9.06. The lowest BCUT2D eigenvalue weighted by molar-refractivity contribution is 0.188. The van der Waals surface area contributed by atoms with Crippen LogP contribution in [0.3, 0.4) is 0 Å². The number of aliphatic hydroxyl groups excluding tert-OH is 1. The van der Waals surface area contributed by atoms with Crippen molar-refractivity contribution in [1.29, 1.82) is 0 Å². The molecule has 102 valence electrons. The van der Waals surface area contributed by atoms with Gasteiger partial charge in [0.25, 0.3) is 0 Å². The minimum absolute atomic E-state index is 0.190. The van der Waals surface area contributed by atoms with Crippen molar-refractivity contribution < 1.29 is 9.84 Å². The normalized spacial score (nSPS) is 10.9. The van der Waals surface area contributed by atoms with Gasteiger partial charge in [0.15, 0.2) is 0 Å². The fraction of sp³-hybridized carbons (Fsp3) is 0.571. The monoisotopic (exact) mass is 252 g/mol. The Kier molecular flexibility index (Phi) is 6.54. The Bertz CT molecular complexity index is 356. The Hall–Kier alpha value is -1.26. The van der Waals surface area contributed by atoms with E-state index in [1.165, 1.54) is 0 Å². The van der Waals surface area contributed by atoms with E-state index in [2.05, 4.69) is 11.8 Å². The second kappa shape index (κ2) is 7.95. The number of hydrogen-bond acceptors (Lipinski definition) is 4. The number of nitrogens with two attached hydrogens (primary N) is 1. The van der Waals surface area contributed by atoms with Gasteiger partial charge in [-0.3, -0.25) is 4.90 Å². The molecule has 4 nitrogen and oxygen atoms in total. The molecule has 3 N–H and O–H groups in total. The first kappa shape index (κ1) is 14.8. The van der Waals surface area contributed by atoms with E-state index in [-0.39, 0.29) is 6.61 Å². The highest BCUT2D eigenvalue weighted by Crippen LogP contribution is 2.22. The van der Waals surface area contributed by atoms with Gasteiger partial charge >= 0.3 is 0 Å². The van der Waals surface area contributed by atoms with Gasteiger partial charge in [0.05, 0.1) is 19.4 Å². The number of benzene rings is 1. The average Bonchev–Trinajstić information content (AvgIpc) is 2.36. The lowest BCUT2D eigenvalue weighted by atomic mass is 10.1. The summed E-state index contributed by atoms with van der Waals surface area (Å²) in [5.74, 6) is 0.709. The molecule has 0 saturated heterocycles. The zero-order valence-corrected chi connectivity index (χ0v) is 11.4. The third-order valence-corrected chi connectivity index (χ3v) is 2.94. The topological polar surface area (TPSA) is 58.7 Å². The first-order valence-electron chi connectivity index (χ1n) is 6.46. The predicted octanol–water partition coefficient (Wildman–Crippen LogP) is 1.87. The van der Waals surface area contributed by atoms with E-state index in [9.17, 15) is 0 Å². The van der Waals surface area contributed by atoms with Crippen LogP contribution < -0.4 is 10.5 Å². The van der Waals surface area contributed by atoms with Gasteiger partial charge in [-0.2, -0.15) is 0 Å². The lowest BCUT2D eigenvalue weighted by Crippen LogP contribution is -2.27. The van der Waals surface area contributed by atoms with Crippen molar-refractivity contribution in [2.24, 2.45) is 0 Å². The number of aliphatic hydroxyl groups is 1. The van der Waals surface area contributed by atoms with E-state index in [4.69, 9.17) is 15.6 Å². The van der Waals surface area contributed by atoms with Crippen molar-refractivity contribution >= 4 is 5.69 Å². The molecule has 0 heterocycles. The molecule has 0 aliphatic heterocycles. The summed E-state index contributed by atoms with van der Waals surface area (Å²) in [6.07, 6.45) is 2.30. The fourth-order valence-electron chi connectivity index (χ4n) is 1.93. The van der Waals surface area contributed by atoms with Gasteiger partial charge in [-0.1, -0.05) is 19.4 Å². The van der Waals surface area contributed by atoms with Crippen molar-refractivity contribution in [3.05, 3.63) is 23.8 Å². The van der Waals surface area contributed by atoms with Crippen molar-refractivity contribution in [3.63, 3.8) is 0 Å². The van der Waals surface area contributed by atoms with Crippen LogP contribution in [0.2, 0.25) is 0 Å². The summed E-state index contributed by atoms with van der Waals surface area (Å²) in [5, 5.41) is 9.06. The van der Waals surface area contributed by atoms with Crippen LogP contribution in [-0.4, -0.2) is 36.8 Å². The minimum Gasteiger partial charge on any atom is -0.495 e. The number of unbranched alkanes of at least 4 members (excludes halogenated alkanes) is 1. The number of nitrogen functional groups attached to an aromatic ring is 1. The smallest absolute Gasteiger partial charge is 0.141 e. The molecule has 0 amide bonds. The number of ether oxygens (including phenoxy) is 1. The highest BCUT2D eigenvalue weighted by atomic mass is 16.5. The Labute approximate surface area is 109 Å². The van der Waals surface area contributed by atoms with Crippen molar-refractivity contribution in [2.45, 2.75) is 26.3 Å². The Morgan fingerprint density at radius 2 is 2.11 bits per heavy atom. The van der Waals surface area contributed by atoms with Crippen LogP contribution >= 0.6 is 0 Å². The standard InChI is InChI=1S/C14H24N2O2/c1-3-4-7-16(8-9-17)11-12-5-6-14(18-2)13(15)10-12/h5-6,10,17H,3-4,7-9,11,15H2,1-2H3. The number of hydrogen-bond donors (Lipinski definition) is 2. The molecule has 0 bridgehead atoms. The van der Waals surface area contributed by atoms with Crippen molar-refractivity contribution in [1.82, 2.24) is 4.90 Å². The highest BCUT2D eigenvalue weighted by molar-refractivity contribution is 5.54. The predicted molar refractivity (Wildman–Crippen MR) is 74.7 cm³/mol. The third-order valence-electron chi connectivity index (χ3n) is 2.94. The van der Waals surface area contributed by atoms with Crippen LogP contribution in [0.1, 0.15) is 25.3 Å². The molecule has 0 fully saturated rings. The van der Waals surface area contributed by atoms with Crippen LogP contribution in [0, 0.1) is 0 Å². The highest BCUT2D eigenvalue weighted by Gasteiger charge is 2.07. The molecule has 0 aliphatic rings. The zero-order valence-electron chi connectivity index (χ0n) is 11.4. The van der Waals surface area contributed by atoms with Gasteiger partial charge in [-0.05, 0) is 30.7 Å². The van der Waals surface area contributed by atoms with Crippen molar-refractivity contribution in [3.8, 4) is 5.75 Å². The van der Waals surface area contributed by atoms with Crippen LogP contribution in [-0.2, 0) is 6.54 Å². The molecule has 1 rings (SSSR count). The summed E-state index contributed by atoms with van der Waals surface area (Å²) in [6, 6.07) is 5.85. The van der Waals surface area contributed by atoms with Gasteiger partial charge in [0, 0.05) is 13.1 Å². The van der Waals surface area contributed by atoms with E-state index < -0.39 is 0 Å². The van der Waals surface area contributed by atoms with Gasteiger partial charge < -0.3 is 15.6 Å². The van der Waals surface area contributed by atoms with E-state index in [0.717, 1.165) is 31.5 Å². The van der Waals surface area contributed by atoms with Gasteiger partial charge in [0.2, 0.25) is 0 Å². The van der Waals surface area contributed by atoms with Crippen LogP contribution in [0.25, 0.3) is 0 Å². The first-order chi connectivity index (χ1) is 8.71. The molecule has 18 heavy (non-hydrogen) atoms. The van der Waals surface area contributed by atoms with Crippen LogP contribution in [0.5, 0.6) is 5.75 Å². The molecule has 4 heteroatoms. The molecule has 0 radical (unpaired) electrons. The van der Waals surface area contributed by atoms with Gasteiger partial charge in [-0.15, -0.1) is 0 Å². The Balaban J connectivity index is 2.64. The maximum Gasteiger partial charge on any atom is 0.141 e. The van der Waals surface area contributed by atoms with E-state index in [0.29, 0.717) is 18.0 Å². The largest absolute Gasteiger partial charge is 0.495 e. The SMILES string of the molecule is CCCCN(CCO)Cc1ccc(OC)c(N)c1. The molecule has 0 atom stereocenters. The Morgan fingerprint density at radius 1 is 1.33 bits per heavy atom. The van der Waals surface area contributed by atoms with E-state index in [1.807, 2.05) is 18.2 Å². The van der Waals surface area contributed by atoms with Gasteiger partial charge in [-0.25, -0.2) is 0 Å². The summed E-state index contributed by atoms with van der Waals surface area (Å²) >= 11 is 0. The molecular formula is C14H24N2O2. The van der Waals surface area contributed by atoms with E-state index >= 15 is 0 Å². The summed E-state index contributed by atoms with van der Waals surface area (Å²) in [7, 11) is 1.62. The molecule has 0 unspecified atom stereocenters. The first-order valence-corrected chi connectivity index (χ1v) is 6.46. The summed E-state index contributed by atoms with van der Waals surface area (Å²) < 4.78 is 5.14. The molecule has 0 saturated carbocycles. The zero-order chi connectivity index (χ0) is 13.4. The summed E-state index contributed by atoms with van der Waals surface area (Å²) in [4.78, 5) is 2.24. The fourth-order valence-corrected chi connectivity index (χ4v) is 1.93. The molecule has 1 aromatic rings. The molecule has 0 spiro atoms. The second-order valence-electron chi connectivity index (χ2n) is 4.43. The van der Waals surface area contributed by atoms with Crippen molar-refractivity contribution in [2.75, 3.05) is 32.5 Å².